The molecule has 0 spiro atoms. The number of hydrogen-bond acceptors (Lipinski definition) is 3. The lowest BCUT2D eigenvalue weighted by molar-refractivity contribution is -0.147. The van der Waals surface area contributed by atoms with E-state index in [1.54, 1.807) is 0 Å². The first-order chi connectivity index (χ1) is 9.45. The van der Waals surface area contributed by atoms with Gasteiger partial charge in [0, 0.05) is 36.3 Å². The first kappa shape index (κ1) is 14.5. The Hall–Kier alpha value is -1.91. The number of rotatable bonds is 4. The van der Waals surface area contributed by atoms with E-state index in [0.29, 0.717) is 24.8 Å². The predicted octanol–water partition coefficient (Wildman–Crippen LogP) is 1.85. The van der Waals surface area contributed by atoms with E-state index in [4.69, 9.17) is 0 Å². The maximum atomic E-state index is 12.3. The zero-order valence-corrected chi connectivity index (χ0v) is 12.2. The molecule has 0 bridgehead atoms. The van der Waals surface area contributed by atoms with E-state index >= 15 is 0 Å². The molecule has 1 saturated heterocycles. The summed E-state index contributed by atoms with van der Waals surface area (Å²) in [7, 11) is 0. The van der Waals surface area contributed by atoms with E-state index in [9.17, 15) is 14.4 Å². The fourth-order valence-electron chi connectivity index (χ4n) is 2.77. The molecule has 108 valence electrons. The van der Waals surface area contributed by atoms with Crippen LogP contribution in [-0.4, -0.2) is 33.6 Å². The van der Waals surface area contributed by atoms with E-state index < -0.39 is 0 Å². The van der Waals surface area contributed by atoms with Gasteiger partial charge in [-0.2, -0.15) is 0 Å². The van der Waals surface area contributed by atoms with E-state index in [1.165, 1.54) is 0 Å². The summed E-state index contributed by atoms with van der Waals surface area (Å²) >= 11 is 0. The van der Waals surface area contributed by atoms with E-state index in [1.807, 2.05) is 31.4 Å². The van der Waals surface area contributed by atoms with Crippen molar-refractivity contribution in [2.75, 3.05) is 6.54 Å². The molecule has 1 aliphatic heterocycles. The number of aryl methyl sites for hydroxylation is 1. The number of amides is 2. The fraction of sp³-hybridized carbons (Fsp3) is 0.533. The maximum absolute atomic E-state index is 12.3. The van der Waals surface area contributed by atoms with Crippen molar-refractivity contribution < 1.29 is 14.4 Å². The minimum absolute atomic E-state index is 0.133. The van der Waals surface area contributed by atoms with Crippen LogP contribution in [-0.2, 0) is 16.1 Å². The average molecular weight is 276 g/mol. The molecule has 0 N–H and O–H groups in total. The predicted molar refractivity (Wildman–Crippen MR) is 74.5 cm³/mol. The number of aromatic nitrogens is 1. The van der Waals surface area contributed by atoms with Crippen LogP contribution in [0.5, 0.6) is 0 Å². The molecule has 2 amide bonds. The quantitative estimate of drug-likeness (QED) is 0.623. The fourth-order valence-corrected chi connectivity index (χ4v) is 2.77. The minimum atomic E-state index is -0.237. The molecule has 0 saturated carbocycles. The van der Waals surface area contributed by atoms with Crippen LogP contribution in [0.1, 0.15) is 47.9 Å². The van der Waals surface area contributed by atoms with Crippen molar-refractivity contribution in [3.63, 3.8) is 0 Å². The summed E-state index contributed by atoms with van der Waals surface area (Å²) in [5, 5.41) is 0. The van der Waals surface area contributed by atoms with E-state index in [0.717, 1.165) is 22.8 Å². The Bertz CT molecular complexity index is 556. The molecule has 1 fully saturated rings. The lowest BCUT2D eigenvalue weighted by Crippen LogP contribution is -2.43. The third kappa shape index (κ3) is 2.53. The maximum Gasteiger partial charge on any atom is 0.229 e. The van der Waals surface area contributed by atoms with Crippen molar-refractivity contribution in [3.05, 3.63) is 23.0 Å². The molecule has 2 heterocycles. The molecule has 0 aromatic carbocycles. The lowest BCUT2D eigenvalue weighted by atomic mass is 10.1. The molecule has 0 unspecified atom stereocenters. The normalized spacial score (nSPS) is 15.8. The Morgan fingerprint density at radius 1 is 1.20 bits per heavy atom. The molecule has 1 aromatic heterocycles. The zero-order valence-electron chi connectivity index (χ0n) is 12.2. The van der Waals surface area contributed by atoms with Crippen LogP contribution in [0.2, 0.25) is 0 Å². The van der Waals surface area contributed by atoms with Gasteiger partial charge >= 0.3 is 0 Å². The molecule has 20 heavy (non-hydrogen) atoms. The number of Topliss-reactive ketones (excluding diaryl/α,β-unsaturated/α-hetero) is 1. The summed E-state index contributed by atoms with van der Waals surface area (Å²) < 4.78 is 2.05. The summed E-state index contributed by atoms with van der Waals surface area (Å²) in [5.74, 6) is -0.640. The average Bonchev–Trinajstić information content (AvgIpc) is 2.69. The SMILES string of the molecule is CCn1c(C)cc(C(=O)CN2C(=O)CCCC2=O)c1C. The Morgan fingerprint density at radius 2 is 1.80 bits per heavy atom. The van der Waals surface area contributed by atoms with Crippen LogP contribution in [0.3, 0.4) is 0 Å². The Morgan fingerprint density at radius 3 is 2.30 bits per heavy atom. The highest BCUT2D eigenvalue weighted by Crippen LogP contribution is 2.18. The zero-order chi connectivity index (χ0) is 14.9. The number of imide groups is 1. The Kier molecular flexibility index (Phi) is 4.06. The third-order valence-corrected chi connectivity index (χ3v) is 3.88. The number of nitrogens with zero attached hydrogens (tertiary/aromatic N) is 2. The van der Waals surface area contributed by atoms with Crippen LogP contribution in [0.15, 0.2) is 6.07 Å². The van der Waals surface area contributed by atoms with Gasteiger partial charge in [-0.3, -0.25) is 19.3 Å². The van der Waals surface area contributed by atoms with Gasteiger partial charge in [0.1, 0.15) is 0 Å². The summed E-state index contributed by atoms with van der Waals surface area (Å²) in [6.07, 6.45) is 1.30. The van der Waals surface area contributed by atoms with Crippen LogP contribution in [0, 0.1) is 13.8 Å². The van der Waals surface area contributed by atoms with Crippen LogP contribution < -0.4 is 0 Å². The van der Waals surface area contributed by atoms with Crippen molar-refractivity contribution in [1.29, 1.82) is 0 Å². The Labute approximate surface area is 118 Å². The third-order valence-electron chi connectivity index (χ3n) is 3.88. The summed E-state index contributed by atoms with van der Waals surface area (Å²) in [6.45, 7) is 6.53. The van der Waals surface area contributed by atoms with E-state index in [2.05, 4.69) is 0 Å². The lowest BCUT2D eigenvalue weighted by Gasteiger charge is -2.24. The van der Waals surface area contributed by atoms with Crippen LogP contribution in [0.4, 0.5) is 0 Å². The van der Waals surface area contributed by atoms with Crippen molar-refractivity contribution >= 4 is 17.6 Å². The molecule has 1 aliphatic rings. The second kappa shape index (κ2) is 5.61. The number of carbonyl (C=O) groups excluding carboxylic acids is 3. The van der Waals surface area contributed by atoms with Gasteiger partial charge in [0.05, 0.1) is 6.54 Å². The van der Waals surface area contributed by atoms with Crippen molar-refractivity contribution in [2.45, 2.75) is 46.6 Å². The Balaban J connectivity index is 2.20. The molecule has 0 aliphatic carbocycles. The van der Waals surface area contributed by atoms with Crippen molar-refractivity contribution in [3.8, 4) is 0 Å². The van der Waals surface area contributed by atoms with Crippen molar-refractivity contribution in [1.82, 2.24) is 9.47 Å². The molecule has 5 heteroatoms. The van der Waals surface area contributed by atoms with Gasteiger partial charge in [-0.15, -0.1) is 0 Å². The summed E-state index contributed by atoms with van der Waals surface area (Å²) in [5.41, 5.74) is 2.52. The monoisotopic (exact) mass is 276 g/mol. The standard InChI is InChI=1S/C15H20N2O3/c1-4-16-10(2)8-12(11(16)3)13(18)9-17-14(19)6-5-7-15(17)20/h8H,4-7,9H2,1-3H3. The van der Waals surface area contributed by atoms with Crippen LogP contribution >= 0.6 is 0 Å². The first-order valence-electron chi connectivity index (χ1n) is 6.98. The highest BCUT2D eigenvalue weighted by Gasteiger charge is 2.28. The summed E-state index contributed by atoms with van der Waals surface area (Å²) in [4.78, 5) is 36.9. The molecule has 2 rings (SSSR count). The van der Waals surface area contributed by atoms with E-state index in [-0.39, 0.29) is 24.1 Å². The summed E-state index contributed by atoms with van der Waals surface area (Å²) in [6, 6.07) is 1.83. The number of hydrogen-bond donors (Lipinski definition) is 0. The first-order valence-corrected chi connectivity index (χ1v) is 6.98. The molecule has 1 aromatic rings. The second-order valence-electron chi connectivity index (χ2n) is 5.18. The molecular formula is C15H20N2O3. The number of ketones is 1. The van der Waals surface area contributed by atoms with Gasteiger partial charge in [0.25, 0.3) is 0 Å². The van der Waals surface area contributed by atoms with Crippen LogP contribution in [0.25, 0.3) is 0 Å². The molecular weight excluding hydrogens is 256 g/mol. The highest BCUT2D eigenvalue weighted by molar-refractivity contribution is 6.06. The highest BCUT2D eigenvalue weighted by atomic mass is 16.2. The minimum Gasteiger partial charge on any atom is -0.349 e. The van der Waals surface area contributed by atoms with Gasteiger partial charge < -0.3 is 4.57 Å². The van der Waals surface area contributed by atoms with Gasteiger partial charge in [-0.1, -0.05) is 0 Å². The molecule has 5 nitrogen and oxygen atoms in total. The largest absolute Gasteiger partial charge is 0.349 e. The number of likely N-dealkylation sites (tertiary alicyclic amines) is 1. The number of piperidine rings is 1. The van der Waals surface area contributed by atoms with Gasteiger partial charge in [-0.25, -0.2) is 0 Å². The van der Waals surface area contributed by atoms with Gasteiger partial charge in [0.2, 0.25) is 11.8 Å². The van der Waals surface area contributed by atoms with Gasteiger partial charge in [-0.05, 0) is 33.3 Å². The number of carbonyl (C=O) groups is 3. The van der Waals surface area contributed by atoms with Gasteiger partial charge in [0.15, 0.2) is 5.78 Å². The molecule has 0 radical (unpaired) electrons. The van der Waals surface area contributed by atoms with Crippen molar-refractivity contribution in [2.24, 2.45) is 0 Å². The smallest absolute Gasteiger partial charge is 0.229 e. The topological polar surface area (TPSA) is 59.4 Å². The molecule has 0 atom stereocenters. The second-order valence-corrected chi connectivity index (χ2v) is 5.18.